The van der Waals surface area contributed by atoms with Crippen molar-refractivity contribution in [2.24, 2.45) is 0 Å². The van der Waals surface area contributed by atoms with Gasteiger partial charge >= 0.3 is 0 Å². The second-order valence-electron chi connectivity index (χ2n) is 8.89. The summed E-state index contributed by atoms with van der Waals surface area (Å²) in [5.74, 6) is 1.07. The summed E-state index contributed by atoms with van der Waals surface area (Å²) in [5.41, 5.74) is 2.87. The number of aromatic nitrogens is 5. The lowest BCUT2D eigenvalue weighted by Gasteiger charge is -2.18. The molecule has 4 aromatic rings. The van der Waals surface area contributed by atoms with Crippen LogP contribution < -0.4 is 10.3 Å². The summed E-state index contributed by atoms with van der Waals surface area (Å²) in [5, 5.41) is 10.3. The second kappa shape index (κ2) is 9.24. The summed E-state index contributed by atoms with van der Waals surface area (Å²) < 4.78 is 12.5. The summed E-state index contributed by atoms with van der Waals surface area (Å²) in [7, 11) is 0. The molecule has 0 aliphatic heterocycles. The molecule has 10 heteroatoms. The SMILES string of the molecule is Cc1nc(COc2cc(C)n(-c3cc(-c4nc(C(C)(C)O)ncc4C)ncc3C)c(=O)c2Cl)co1. The molecule has 0 radical (unpaired) electrons. The number of halogens is 1. The van der Waals surface area contributed by atoms with Crippen molar-refractivity contribution in [3.8, 4) is 22.8 Å². The van der Waals surface area contributed by atoms with Crippen LogP contribution in [-0.2, 0) is 12.2 Å². The predicted molar refractivity (Wildman–Crippen MR) is 131 cm³/mol. The van der Waals surface area contributed by atoms with Crippen LogP contribution in [0.3, 0.4) is 0 Å². The zero-order valence-electron chi connectivity index (χ0n) is 20.4. The Morgan fingerprint density at radius 1 is 1.09 bits per heavy atom. The van der Waals surface area contributed by atoms with Crippen molar-refractivity contribution >= 4 is 11.6 Å². The van der Waals surface area contributed by atoms with E-state index in [0.29, 0.717) is 34.4 Å². The van der Waals surface area contributed by atoms with Gasteiger partial charge in [-0.3, -0.25) is 14.3 Å². The molecule has 0 aromatic carbocycles. The first-order chi connectivity index (χ1) is 16.5. The largest absolute Gasteiger partial charge is 0.485 e. The van der Waals surface area contributed by atoms with Crippen LogP contribution in [0, 0.1) is 27.7 Å². The molecule has 0 saturated heterocycles. The fraction of sp³-hybridized carbons (Fsp3) is 0.320. The lowest BCUT2D eigenvalue weighted by atomic mass is 10.1. The topological polar surface area (TPSA) is 116 Å². The Kier molecular flexibility index (Phi) is 6.48. The first-order valence-electron chi connectivity index (χ1n) is 11.0. The average molecular weight is 496 g/mol. The van der Waals surface area contributed by atoms with Gasteiger partial charge in [0.05, 0.1) is 17.1 Å². The van der Waals surface area contributed by atoms with Crippen LogP contribution in [0.2, 0.25) is 5.02 Å². The van der Waals surface area contributed by atoms with Gasteiger partial charge in [-0.1, -0.05) is 11.6 Å². The zero-order chi connectivity index (χ0) is 25.5. The summed E-state index contributed by atoms with van der Waals surface area (Å²) >= 11 is 6.43. The Hall–Kier alpha value is -3.56. The number of ether oxygens (including phenoxy) is 1. The standard InChI is InChI=1S/C25H26ClN5O4/c1-13-9-27-18(22-14(2)10-28-24(30-22)25(5,6)33)8-19(13)31-15(3)7-20(21(26)23(31)32)35-12-17-11-34-16(4)29-17/h7-11,33H,12H2,1-6H3. The fourth-order valence-electron chi connectivity index (χ4n) is 3.59. The van der Waals surface area contributed by atoms with E-state index < -0.39 is 11.2 Å². The van der Waals surface area contributed by atoms with E-state index in [-0.39, 0.29) is 23.2 Å². The van der Waals surface area contributed by atoms with E-state index in [4.69, 9.17) is 20.8 Å². The van der Waals surface area contributed by atoms with Gasteiger partial charge in [-0.2, -0.15) is 0 Å². The molecule has 0 aliphatic carbocycles. The summed E-state index contributed by atoms with van der Waals surface area (Å²) in [6.07, 6.45) is 4.82. The number of aliphatic hydroxyl groups is 1. The summed E-state index contributed by atoms with van der Waals surface area (Å²) in [6, 6.07) is 3.49. The van der Waals surface area contributed by atoms with Gasteiger partial charge in [0.25, 0.3) is 5.56 Å². The minimum atomic E-state index is -1.21. The third-order valence-electron chi connectivity index (χ3n) is 5.42. The van der Waals surface area contributed by atoms with E-state index in [1.807, 2.05) is 13.8 Å². The molecule has 0 aliphatic rings. The number of pyridine rings is 2. The molecule has 0 atom stereocenters. The molecule has 0 amide bonds. The van der Waals surface area contributed by atoms with Gasteiger partial charge in [-0.05, 0) is 51.8 Å². The van der Waals surface area contributed by atoms with E-state index in [0.717, 1.165) is 11.1 Å². The van der Waals surface area contributed by atoms with E-state index in [1.165, 1.54) is 10.8 Å². The molecule has 35 heavy (non-hydrogen) atoms. The van der Waals surface area contributed by atoms with Crippen LogP contribution in [0.4, 0.5) is 0 Å². The Balaban J connectivity index is 1.76. The summed E-state index contributed by atoms with van der Waals surface area (Å²) in [6.45, 7) is 10.6. The van der Waals surface area contributed by atoms with Crippen molar-refractivity contribution in [1.82, 2.24) is 24.5 Å². The molecule has 182 valence electrons. The van der Waals surface area contributed by atoms with Crippen LogP contribution in [0.25, 0.3) is 17.1 Å². The maximum absolute atomic E-state index is 13.3. The quantitative estimate of drug-likeness (QED) is 0.419. The number of hydrogen-bond acceptors (Lipinski definition) is 8. The minimum Gasteiger partial charge on any atom is -0.485 e. The van der Waals surface area contributed by atoms with Gasteiger partial charge in [0.2, 0.25) is 0 Å². The highest BCUT2D eigenvalue weighted by molar-refractivity contribution is 6.31. The highest BCUT2D eigenvalue weighted by atomic mass is 35.5. The fourth-order valence-corrected chi connectivity index (χ4v) is 3.79. The van der Waals surface area contributed by atoms with Gasteiger partial charge in [0, 0.05) is 31.1 Å². The third-order valence-corrected chi connectivity index (χ3v) is 5.77. The van der Waals surface area contributed by atoms with E-state index in [2.05, 4.69) is 19.9 Å². The molecule has 0 fully saturated rings. The van der Waals surface area contributed by atoms with Crippen LogP contribution in [-0.4, -0.2) is 29.6 Å². The molecule has 4 heterocycles. The number of rotatable bonds is 6. The monoisotopic (exact) mass is 495 g/mol. The Labute approximate surface area is 207 Å². The highest BCUT2D eigenvalue weighted by Crippen LogP contribution is 2.28. The van der Waals surface area contributed by atoms with Gasteiger partial charge in [-0.25, -0.2) is 15.0 Å². The molecule has 9 nitrogen and oxygen atoms in total. The number of aryl methyl sites for hydroxylation is 4. The van der Waals surface area contributed by atoms with Crippen molar-refractivity contribution in [3.05, 3.63) is 80.4 Å². The number of nitrogens with zero attached hydrogens (tertiary/aromatic N) is 5. The zero-order valence-corrected chi connectivity index (χ0v) is 21.1. The molecule has 4 aromatic heterocycles. The van der Waals surface area contributed by atoms with Crippen molar-refractivity contribution in [2.75, 3.05) is 0 Å². The predicted octanol–water partition coefficient (Wildman–Crippen LogP) is 4.37. The second-order valence-corrected chi connectivity index (χ2v) is 9.27. The molecule has 0 spiro atoms. The van der Waals surface area contributed by atoms with Crippen LogP contribution in [0.15, 0.2) is 40.0 Å². The number of oxazole rings is 1. The molecular weight excluding hydrogens is 470 g/mol. The van der Waals surface area contributed by atoms with Gasteiger partial charge in [0.15, 0.2) is 11.7 Å². The van der Waals surface area contributed by atoms with Crippen molar-refractivity contribution in [1.29, 1.82) is 0 Å². The first-order valence-corrected chi connectivity index (χ1v) is 11.3. The van der Waals surface area contributed by atoms with Crippen molar-refractivity contribution < 1.29 is 14.3 Å². The van der Waals surface area contributed by atoms with Crippen LogP contribution in [0.5, 0.6) is 5.75 Å². The normalized spacial score (nSPS) is 11.7. The molecular formula is C25H26ClN5O4. The molecule has 4 rings (SSSR count). The maximum atomic E-state index is 13.3. The van der Waals surface area contributed by atoms with Gasteiger partial charge in [0.1, 0.15) is 34.9 Å². The Bertz CT molecular complexity index is 1470. The first kappa shape index (κ1) is 24.6. The highest BCUT2D eigenvalue weighted by Gasteiger charge is 2.22. The summed E-state index contributed by atoms with van der Waals surface area (Å²) in [4.78, 5) is 30.8. The molecule has 0 saturated carbocycles. The van der Waals surface area contributed by atoms with Crippen LogP contribution in [0.1, 0.15) is 48.1 Å². The molecule has 1 N–H and O–H groups in total. The number of hydrogen-bond donors (Lipinski definition) is 1. The molecule has 0 unspecified atom stereocenters. The Morgan fingerprint density at radius 3 is 2.46 bits per heavy atom. The van der Waals surface area contributed by atoms with E-state index in [9.17, 15) is 9.90 Å². The maximum Gasteiger partial charge on any atom is 0.277 e. The smallest absolute Gasteiger partial charge is 0.277 e. The lowest BCUT2D eigenvalue weighted by molar-refractivity contribution is 0.0688. The van der Waals surface area contributed by atoms with Gasteiger partial charge < -0.3 is 14.3 Å². The molecule has 0 bridgehead atoms. The minimum absolute atomic E-state index is 0.0453. The Morgan fingerprint density at radius 2 is 1.80 bits per heavy atom. The third kappa shape index (κ3) is 4.96. The van der Waals surface area contributed by atoms with E-state index in [1.54, 1.807) is 52.2 Å². The van der Waals surface area contributed by atoms with Crippen molar-refractivity contribution in [3.63, 3.8) is 0 Å². The lowest BCUT2D eigenvalue weighted by Crippen LogP contribution is -2.23. The van der Waals surface area contributed by atoms with Crippen LogP contribution >= 0.6 is 11.6 Å². The van der Waals surface area contributed by atoms with Gasteiger partial charge in [-0.15, -0.1) is 0 Å². The van der Waals surface area contributed by atoms with Crippen molar-refractivity contribution in [2.45, 2.75) is 53.8 Å². The average Bonchev–Trinajstić information content (AvgIpc) is 3.21. The van der Waals surface area contributed by atoms with E-state index >= 15 is 0 Å².